The molecule has 2 unspecified atom stereocenters. The van der Waals surface area contributed by atoms with Crippen LogP contribution in [0.5, 0.6) is 0 Å². The molecule has 2 rings (SSSR count). The van der Waals surface area contributed by atoms with E-state index in [4.69, 9.17) is 5.73 Å². The van der Waals surface area contributed by atoms with Crippen LogP contribution in [0.15, 0.2) is 21.5 Å². The van der Waals surface area contributed by atoms with Crippen molar-refractivity contribution in [1.82, 2.24) is 4.72 Å². The zero-order valence-corrected chi connectivity index (χ0v) is 13.8. The summed E-state index contributed by atoms with van der Waals surface area (Å²) in [6.07, 6.45) is 2.77. The van der Waals surface area contributed by atoms with E-state index in [2.05, 4.69) is 20.7 Å². The van der Waals surface area contributed by atoms with Crippen LogP contribution in [0, 0.1) is 11.7 Å². The van der Waals surface area contributed by atoms with Crippen LogP contribution in [-0.2, 0) is 10.0 Å². The van der Waals surface area contributed by atoms with Crippen molar-refractivity contribution in [2.24, 2.45) is 5.92 Å². The molecule has 1 aromatic carbocycles. The first-order valence-electron chi connectivity index (χ1n) is 6.72. The maximum atomic E-state index is 13.3. The first kappa shape index (κ1) is 16.7. The van der Waals surface area contributed by atoms with E-state index in [1.54, 1.807) is 0 Å². The van der Waals surface area contributed by atoms with Crippen LogP contribution in [0.25, 0.3) is 0 Å². The highest BCUT2D eigenvalue weighted by atomic mass is 79.9. The van der Waals surface area contributed by atoms with E-state index in [1.807, 2.05) is 0 Å². The van der Waals surface area contributed by atoms with Crippen LogP contribution in [-0.4, -0.2) is 26.2 Å². The lowest BCUT2D eigenvalue weighted by molar-refractivity contribution is 0.102. The molecule has 0 saturated heterocycles. The zero-order valence-electron chi connectivity index (χ0n) is 11.4. The normalized spacial score (nSPS) is 23.2. The molecule has 1 saturated carbocycles. The fourth-order valence-corrected chi connectivity index (χ4v) is 4.67. The number of sulfonamides is 1. The Morgan fingerprint density at radius 2 is 2.14 bits per heavy atom. The Labute approximate surface area is 131 Å². The minimum absolute atomic E-state index is 0.0854. The Morgan fingerprint density at radius 1 is 1.43 bits per heavy atom. The fourth-order valence-electron chi connectivity index (χ4n) is 2.50. The van der Waals surface area contributed by atoms with Crippen LogP contribution in [0.2, 0.25) is 0 Å². The predicted octanol–water partition coefficient (Wildman–Crippen LogP) is 2.00. The van der Waals surface area contributed by atoms with Gasteiger partial charge in [-0.1, -0.05) is 6.42 Å². The molecule has 0 heterocycles. The monoisotopic (exact) mass is 380 g/mol. The third-order valence-corrected chi connectivity index (χ3v) is 6.04. The van der Waals surface area contributed by atoms with E-state index < -0.39 is 15.8 Å². The smallest absolute Gasteiger partial charge is 0.241 e. The largest absolute Gasteiger partial charge is 0.396 e. The molecular formula is C13H18BrFN2O3S. The number of aliphatic hydroxyl groups is 1. The van der Waals surface area contributed by atoms with Crippen molar-refractivity contribution < 1.29 is 17.9 Å². The number of halogens is 2. The molecule has 0 aliphatic heterocycles. The van der Waals surface area contributed by atoms with Crippen LogP contribution in [0.4, 0.5) is 10.1 Å². The molecule has 118 valence electrons. The van der Waals surface area contributed by atoms with E-state index in [0.717, 1.165) is 31.4 Å². The highest BCUT2D eigenvalue weighted by Gasteiger charge is 2.24. The van der Waals surface area contributed by atoms with Gasteiger partial charge in [0.2, 0.25) is 10.0 Å². The molecule has 1 aliphatic carbocycles. The van der Waals surface area contributed by atoms with Crippen LogP contribution in [0.1, 0.15) is 25.7 Å². The van der Waals surface area contributed by atoms with Crippen molar-refractivity contribution in [3.63, 3.8) is 0 Å². The third kappa shape index (κ3) is 4.15. The summed E-state index contributed by atoms with van der Waals surface area (Å²) in [5.41, 5.74) is 5.21. The van der Waals surface area contributed by atoms with Crippen molar-refractivity contribution in [2.45, 2.75) is 36.7 Å². The standard InChI is InChI=1S/C13H18BrFN2O3S/c14-10-5-11(15)12(16)6-13(10)21(19,20)17-7-8-2-1-3-9(18)4-8/h5-6,8-9,17-18H,1-4,7,16H2. The minimum atomic E-state index is -3.77. The lowest BCUT2D eigenvalue weighted by Gasteiger charge is -2.25. The van der Waals surface area contributed by atoms with Gasteiger partial charge in [-0.3, -0.25) is 0 Å². The quantitative estimate of drug-likeness (QED) is 0.696. The second-order valence-corrected chi connectivity index (χ2v) is 7.93. The van der Waals surface area contributed by atoms with Gasteiger partial charge >= 0.3 is 0 Å². The van der Waals surface area contributed by atoms with Gasteiger partial charge in [-0.15, -0.1) is 0 Å². The summed E-state index contributed by atoms with van der Waals surface area (Å²) in [7, 11) is -3.77. The molecule has 1 aromatic rings. The first-order valence-corrected chi connectivity index (χ1v) is 8.99. The molecule has 0 aromatic heterocycles. The molecule has 0 spiro atoms. The number of anilines is 1. The summed E-state index contributed by atoms with van der Waals surface area (Å²) in [6.45, 7) is 0.253. The molecule has 0 amide bonds. The van der Waals surface area contributed by atoms with E-state index in [1.165, 1.54) is 0 Å². The highest BCUT2D eigenvalue weighted by molar-refractivity contribution is 9.10. The van der Waals surface area contributed by atoms with Crippen LogP contribution in [0.3, 0.4) is 0 Å². The molecule has 1 fully saturated rings. The second kappa shape index (κ2) is 6.60. The molecule has 8 heteroatoms. The van der Waals surface area contributed by atoms with Crippen molar-refractivity contribution in [3.8, 4) is 0 Å². The maximum Gasteiger partial charge on any atom is 0.241 e. The third-order valence-electron chi connectivity index (χ3n) is 3.66. The number of nitrogens with one attached hydrogen (secondary N) is 1. The Morgan fingerprint density at radius 3 is 2.81 bits per heavy atom. The zero-order chi connectivity index (χ0) is 15.6. The predicted molar refractivity (Wildman–Crippen MR) is 81.7 cm³/mol. The Hall–Kier alpha value is -0.700. The SMILES string of the molecule is Nc1cc(S(=O)(=O)NCC2CCCC(O)C2)c(Br)cc1F. The number of benzene rings is 1. The molecule has 21 heavy (non-hydrogen) atoms. The highest BCUT2D eigenvalue weighted by Crippen LogP contribution is 2.28. The van der Waals surface area contributed by atoms with Crippen LogP contribution >= 0.6 is 15.9 Å². The Bertz CT molecular complexity index is 624. The summed E-state index contributed by atoms with van der Waals surface area (Å²) in [6, 6.07) is 2.13. The summed E-state index contributed by atoms with van der Waals surface area (Å²) >= 11 is 3.04. The van der Waals surface area contributed by atoms with Crippen molar-refractivity contribution >= 4 is 31.6 Å². The molecule has 0 bridgehead atoms. The summed E-state index contributed by atoms with van der Waals surface area (Å²) in [4.78, 5) is -0.0854. The van der Waals surface area contributed by atoms with Gasteiger partial charge in [0.15, 0.2) is 0 Å². The van der Waals surface area contributed by atoms with Crippen molar-refractivity contribution in [2.75, 3.05) is 12.3 Å². The van der Waals surface area contributed by atoms with Gasteiger partial charge in [0.25, 0.3) is 0 Å². The maximum absolute atomic E-state index is 13.3. The van der Waals surface area contributed by atoms with E-state index in [-0.39, 0.29) is 33.6 Å². The summed E-state index contributed by atoms with van der Waals surface area (Å²) in [5.74, 6) is -0.559. The van der Waals surface area contributed by atoms with Gasteiger partial charge in [0.1, 0.15) is 5.82 Å². The molecule has 5 nitrogen and oxygen atoms in total. The topological polar surface area (TPSA) is 92.4 Å². The van der Waals surface area contributed by atoms with Gasteiger partial charge in [-0.05, 0) is 53.2 Å². The number of hydrogen-bond acceptors (Lipinski definition) is 4. The minimum Gasteiger partial charge on any atom is -0.396 e. The number of nitrogens with two attached hydrogens (primary N) is 1. The molecule has 0 radical (unpaired) electrons. The number of nitrogen functional groups attached to an aromatic ring is 1. The average Bonchev–Trinajstić information content (AvgIpc) is 2.41. The Kier molecular flexibility index (Phi) is 5.24. The number of aliphatic hydroxyl groups excluding tert-OH is 1. The van der Waals surface area contributed by atoms with Crippen LogP contribution < -0.4 is 10.5 Å². The Balaban J connectivity index is 2.10. The van der Waals surface area contributed by atoms with Gasteiger partial charge in [0.05, 0.1) is 16.7 Å². The van der Waals surface area contributed by atoms with Gasteiger partial charge in [0, 0.05) is 11.0 Å². The van der Waals surface area contributed by atoms with E-state index in [0.29, 0.717) is 6.42 Å². The average molecular weight is 381 g/mol. The van der Waals surface area contributed by atoms with Crippen molar-refractivity contribution in [3.05, 3.63) is 22.4 Å². The molecule has 2 atom stereocenters. The summed E-state index contributed by atoms with van der Waals surface area (Å²) < 4.78 is 40.4. The number of hydrogen-bond donors (Lipinski definition) is 3. The van der Waals surface area contributed by atoms with Gasteiger partial charge in [-0.2, -0.15) is 0 Å². The number of rotatable bonds is 4. The summed E-state index contributed by atoms with van der Waals surface area (Å²) in [5, 5.41) is 9.59. The van der Waals surface area contributed by atoms with E-state index >= 15 is 0 Å². The van der Waals surface area contributed by atoms with Gasteiger partial charge < -0.3 is 10.8 Å². The fraction of sp³-hybridized carbons (Fsp3) is 0.538. The van der Waals surface area contributed by atoms with E-state index in [9.17, 15) is 17.9 Å². The lowest BCUT2D eigenvalue weighted by atomic mass is 9.87. The second-order valence-electron chi connectivity index (χ2n) is 5.34. The first-order chi connectivity index (χ1) is 9.79. The lowest BCUT2D eigenvalue weighted by Crippen LogP contribution is -2.33. The van der Waals surface area contributed by atoms with Crippen molar-refractivity contribution in [1.29, 1.82) is 0 Å². The molecule has 4 N–H and O–H groups in total. The molecular weight excluding hydrogens is 363 g/mol. The van der Waals surface area contributed by atoms with Gasteiger partial charge in [-0.25, -0.2) is 17.5 Å². The molecule has 1 aliphatic rings.